The number of rotatable bonds is 6. The zero-order valence-electron chi connectivity index (χ0n) is 40.6. The highest BCUT2D eigenvalue weighted by atomic mass is 15.0. The van der Waals surface area contributed by atoms with E-state index in [4.69, 9.17) is 0 Å². The molecule has 0 saturated heterocycles. The van der Waals surface area contributed by atoms with Gasteiger partial charge in [0.05, 0.1) is 22.1 Å². The van der Waals surface area contributed by atoms with Crippen molar-refractivity contribution in [2.24, 2.45) is 0 Å². The van der Waals surface area contributed by atoms with Crippen molar-refractivity contribution in [3.8, 4) is 67.0 Å². The number of aromatic nitrogens is 2. The monoisotopic (exact) mass is 928 g/mol. The third-order valence-corrected chi connectivity index (χ3v) is 16.1. The second-order valence-electron chi connectivity index (χ2n) is 20.5. The molecule has 14 aromatic rings. The van der Waals surface area contributed by atoms with Crippen molar-refractivity contribution in [1.82, 2.24) is 9.13 Å². The summed E-state index contributed by atoms with van der Waals surface area (Å²) in [6.45, 7) is 4.79. The van der Waals surface area contributed by atoms with E-state index in [1.165, 1.54) is 143 Å². The molecule has 1 aliphatic rings. The zero-order valence-corrected chi connectivity index (χ0v) is 40.6. The van der Waals surface area contributed by atoms with Crippen molar-refractivity contribution in [3.63, 3.8) is 0 Å². The lowest BCUT2D eigenvalue weighted by molar-refractivity contribution is 0.661. The molecular formula is C71H48N2. The van der Waals surface area contributed by atoms with Gasteiger partial charge in [0.2, 0.25) is 0 Å². The Bertz CT molecular complexity index is 4560. The van der Waals surface area contributed by atoms with E-state index < -0.39 is 0 Å². The van der Waals surface area contributed by atoms with Crippen LogP contribution in [0.4, 0.5) is 0 Å². The van der Waals surface area contributed by atoms with Gasteiger partial charge in [0, 0.05) is 38.3 Å². The molecule has 0 fully saturated rings. The molecule has 15 rings (SSSR count). The maximum atomic E-state index is 2.47. The smallest absolute Gasteiger partial charge is 0.0541 e. The van der Waals surface area contributed by atoms with Gasteiger partial charge in [-0.25, -0.2) is 0 Å². The normalized spacial score (nSPS) is 12.9. The van der Waals surface area contributed by atoms with E-state index in [-0.39, 0.29) is 5.41 Å². The highest BCUT2D eigenvalue weighted by molar-refractivity contribution is 6.13. The Morgan fingerprint density at radius 3 is 1.29 bits per heavy atom. The van der Waals surface area contributed by atoms with Crippen LogP contribution in [0.3, 0.4) is 0 Å². The lowest BCUT2D eigenvalue weighted by Crippen LogP contribution is -2.15. The first kappa shape index (κ1) is 41.5. The SMILES string of the molecule is CC1(C)c2cc(-c3ccc(-c4ccc5c(c4)c4ccccc4n5-c4ccccc4)cc3)ccc2-c2ccc(-c3ccc(-c4ccc5c(c4)c4ccccc4n5-c4ccc5ccccc5c4)c4ccccc34)cc21. The molecule has 0 atom stereocenters. The van der Waals surface area contributed by atoms with E-state index in [2.05, 4.69) is 278 Å². The Labute approximate surface area is 424 Å². The van der Waals surface area contributed by atoms with Crippen molar-refractivity contribution in [2.45, 2.75) is 19.3 Å². The number of benzene rings is 12. The summed E-state index contributed by atoms with van der Waals surface area (Å²) in [5, 5.41) is 10.1. The van der Waals surface area contributed by atoms with E-state index >= 15 is 0 Å². The summed E-state index contributed by atoms with van der Waals surface area (Å²) in [5.41, 5.74) is 22.3. The third kappa shape index (κ3) is 6.37. The average molecular weight is 929 g/mol. The fourth-order valence-corrected chi connectivity index (χ4v) is 12.5. The predicted molar refractivity (Wildman–Crippen MR) is 309 cm³/mol. The lowest BCUT2D eigenvalue weighted by atomic mass is 9.80. The summed E-state index contributed by atoms with van der Waals surface area (Å²) < 4.78 is 4.80. The number of hydrogen-bond acceptors (Lipinski definition) is 0. The van der Waals surface area contributed by atoms with Crippen LogP contribution in [0.15, 0.2) is 255 Å². The van der Waals surface area contributed by atoms with E-state index in [0.29, 0.717) is 0 Å². The fourth-order valence-electron chi connectivity index (χ4n) is 12.5. The Morgan fingerprint density at radius 2 is 0.658 bits per heavy atom. The molecule has 0 N–H and O–H groups in total. The molecule has 2 heterocycles. The zero-order chi connectivity index (χ0) is 48.4. The van der Waals surface area contributed by atoms with Crippen LogP contribution in [-0.4, -0.2) is 9.13 Å². The Morgan fingerprint density at radius 1 is 0.247 bits per heavy atom. The molecule has 0 saturated carbocycles. The molecule has 0 spiro atoms. The number of para-hydroxylation sites is 3. The minimum atomic E-state index is -0.178. The van der Waals surface area contributed by atoms with Gasteiger partial charge in [-0.05, 0) is 161 Å². The molecular weight excluding hydrogens is 881 g/mol. The van der Waals surface area contributed by atoms with Gasteiger partial charge >= 0.3 is 0 Å². The average Bonchev–Trinajstić information content (AvgIpc) is 4.04. The summed E-state index contributed by atoms with van der Waals surface area (Å²) in [5.74, 6) is 0. The summed E-state index contributed by atoms with van der Waals surface area (Å²) in [6, 6.07) is 94.6. The van der Waals surface area contributed by atoms with Gasteiger partial charge in [-0.1, -0.05) is 196 Å². The van der Waals surface area contributed by atoms with Crippen LogP contribution in [0.5, 0.6) is 0 Å². The van der Waals surface area contributed by atoms with Crippen LogP contribution in [0.1, 0.15) is 25.0 Å². The van der Waals surface area contributed by atoms with Crippen molar-refractivity contribution >= 4 is 65.2 Å². The molecule has 0 aliphatic heterocycles. The summed E-state index contributed by atoms with van der Waals surface area (Å²) in [4.78, 5) is 0. The van der Waals surface area contributed by atoms with Crippen LogP contribution in [0.2, 0.25) is 0 Å². The minimum Gasteiger partial charge on any atom is -0.309 e. The maximum Gasteiger partial charge on any atom is 0.0541 e. The topological polar surface area (TPSA) is 9.86 Å². The molecule has 0 amide bonds. The van der Waals surface area contributed by atoms with Gasteiger partial charge in [0.15, 0.2) is 0 Å². The lowest BCUT2D eigenvalue weighted by Gasteiger charge is -2.23. The van der Waals surface area contributed by atoms with E-state index in [1.54, 1.807) is 0 Å². The van der Waals surface area contributed by atoms with Gasteiger partial charge in [-0.3, -0.25) is 0 Å². The predicted octanol–water partition coefficient (Wildman–Crippen LogP) is 19.2. The molecule has 73 heavy (non-hydrogen) atoms. The number of fused-ring (bicyclic) bond motifs is 11. The highest BCUT2D eigenvalue weighted by Gasteiger charge is 2.36. The summed E-state index contributed by atoms with van der Waals surface area (Å²) in [6.07, 6.45) is 0. The molecule has 2 heteroatoms. The minimum absolute atomic E-state index is 0.178. The first-order chi connectivity index (χ1) is 35.9. The van der Waals surface area contributed by atoms with Crippen molar-refractivity contribution < 1.29 is 0 Å². The second-order valence-corrected chi connectivity index (χ2v) is 20.5. The quantitative estimate of drug-likeness (QED) is 0.157. The molecule has 0 radical (unpaired) electrons. The third-order valence-electron chi connectivity index (χ3n) is 16.1. The van der Waals surface area contributed by atoms with Crippen LogP contribution >= 0.6 is 0 Å². The highest BCUT2D eigenvalue weighted by Crippen LogP contribution is 2.51. The molecule has 0 bridgehead atoms. The van der Waals surface area contributed by atoms with E-state index in [1.807, 2.05) is 0 Å². The van der Waals surface area contributed by atoms with Crippen LogP contribution in [0, 0.1) is 0 Å². The molecule has 12 aromatic carbocycles. The molecule has 342 valence electrons. The van der Waals surface area contributed by atoms with Crippen LogP contribution in [-0.2, 0) is 5.41 Å². The van der Waals surface area contributed by atoms with Crippen molar-refractivity contribution in [2.75, 3.05) is 0 Å². The van der Waals surface area contributed by atoms with Crippen LogP contribution < -0.4 is 0 Å². The molecule has 1 aliphatic carbocycles. The summed E-state index contributed by atoms with van der Waals surface area (Å²) in [7, 11) is 0. The van der Waals surface area contributed by atoms with E-state index in [9.17, 15) is 0 Å². The Balaban J connectivity index is 0.749. The maximum absolute atomic E-state index is 2.47. The largest absolute Gasteiger partial charge is 0.309 e. The van der Waals surface area contributed by atoms with Crippen molar-refractivity contribution in [1.29, 1.82) is 0 Å². The van der Waals surface area contributed by atoms with Gasteiger partial charge in [0.25, 0.3) is 0 Å². The van der Waals surface area contributed by atoms with Crippen molar-refractivity contribution in [3.05, 3.63) is 266 Å². The number of nitrogens with zero attached hydrogens (tertiary/aromatic N) is 2. The van der Waals surface area contributed by atoms with Gasteiger partial charge in [-0.2, -0.15) is 0 Å². The first-order valence-electron chi connectivity index (χ1n) is 25.5. The first-order valence-corrected chi connectivity index (χ1v) is 25.5. The molecule has 2 nitrogen and oxygen atoms in total. The Hall–Kier alpha value is -9.24. The Kier molecular flexibility index (Phi) is 9.04. The second kappa shape index (κ2) is 15.9. The van der Waals surface area contributed by atoms with E-state index in [0.717, 1.165) is 0 Å². The van der Waals surface area contributed by atoms with Gasteiger partial charge < -0.3 is 9.13 Å². The van der Waals surface area contributed by atoms with Crippen LogP contribution in [0.25, 0.3) is 132 Å². The summed E-state index contributed by atoms with van der Waals surface area (Å²) >= 11 is 0. The van der Waals surface area contributed by atoms with Gasteiger partial charge in [0.1, 0.15) is 0 Å². The van der Waals surface area contributed by atoms with Gasteiger partial charge in [-0.15, -0.1) is 0 Å². The number of hydrogen-bond donors (Lipinski definition) is 0. The standard InChI is InChI=1S/C71H48N2/c1-71(2)65-43-50(47-26-24-46(25-27-47)49-31-38-69-63(41-49)61-20-10-12-22-67(61)72(69)53-16-4-3-5-17-53)29-34-59(65)60-35-30-52(44-66(60)71)56-37-36-55(57-18-8-9-19-58(56)57)51-32-39-70-64(42-51)62-21-11-13-23-68(62)73(70)54-33-28-45-14-6-7-15-48(45)40-54/h3-44H,1-2H3. The molecule has 2 aromatic heterocycles. The fraction of sp³-hybridized carbons (Fsp3) is 0.0423. The molecule has 0 unspecified atom stereocenters.